The minimum absolute atomic E-state index is 0.0352. The minimum atomic E-state index is 0.0352. The summed E-state index contributed by atoms with van der Waals surface area (Å²) in [5.41, 5.74) is 4.65. The molecule has 1 aliphatic heterocycles. The molecule has 0 unspecified atom stereocenters. The van der Waals surface area contributed by atoms with E-state index in [9.17, 15) is 4.79 Å². The maximum Gasteiger partial charge on any atom is 0.224 e. The van der Waals surface area contributed by atoms with Crippen LogP contribution in [0.1, 0.15) is 17.2 Å². The van der Waals surface area contributed by atoms with Gasteiger partial charge < -0.3 is 19.9 Å². The molecule has 1 saturated heterocycles. The topological polar surface area (TPSA) is 48.1 Å². The Morgan fingerprint density at radius 3 is 2.17 bits per heavy atom. The first-order valence-electron chi connectivity index (χ1n) is 12.2. The van der Waals surface area contributed by atoms with E-state index >= 15 is 0 Å². The molecule has 0 spiro atoms. The summed E-state index contributed by atoms with van der Waals surface area (Å²) in [6.45, 7) is 4.42. The van der Waals surface area contributed by atoms with E-state index in [1.165, 1.54) is 16.9 Å². The summed E-state index contributed by atoms with van der Waals surface area (Å²) in [7, 11) is 5.75. The van der Waals surface area contributed by atoms with Crippen molar-refractivity contribution < 1.29 is 9.53 Å². The number of piperazine rings is 1. The summed E-state index contributed by atoms with van der Waals surface area (Å²) >= 11 is 0. The van der Waals surface area contributed by atoms with E-state index in [-0.39, 0.29) is 11.9 Å². The van der Waals surface area contributed by atoms with Crippen LogP contribution in [0.3, 0.4) is 0 Å². The Hall–Kier alpha value is -3.51. The van der Waals surface area contributed by atoms with Crippen LogP contribution >= 0.6 is 0 Å². The van der Waals surface area contributed by atoms with Crippen LogP contribution in [0.4, 0.5) is 11.4 Å². The molecule has 6 nitrogen and oxygen atoms in total. The van der Waals surface area contributed by atoms with Gasteiger partial charge in [0.15, 0.2) is 0 Å². The molecule has 3 aromatic rings. The molecule has 0 aliphatic carbocycles. The highest BCUT2D eigenvalue weighted by Gasteiger charge is 2.26. The van der Waals surface area contributed by atoms with Gasteiger partial charge in [-0.2, -0.15) is 0 Å². The lowest BCUT2D eigenvalue weighted by molar-refractivity contribution is -0.120. The van der Waals surface area contributed by atoms with E-state index in [1.807, 2.05) is 24.3 Å². The van der Waals surface area contributed by atoms with Crippen LogP contribution in [0, 0.1) is 0 Å². The van der Waals surface area contributed by atoms with Crippen LogP contribution < -0.4 is 19.9 Å². The van der Waals surface area contributed by atoms with Crippen molar-refractivity contribution >= 4 is 17.3 Å². The van der Waals surface area contributed by atoms with Crippen LogP contribution in [0.15, 0.2) is 78.9 Å². The third-order valence-electron chi connectivity index (χ3n) is 6.69. The van der Waals surface area contributed by atoms with E-state index in [2.05, 4.69) is 88.7 Å². The maximum atomic E-state index is 12.8. The number of nitrogens with one attached hydrogen (secondary N) is 1. The number of methoxy groups -OCH3 is 1. The molecule has 1 N–H and O–H groups in total. The molecule has 0 saturated carbocycles. The zero-order valence-electron chi connectivity index (χ0n) is 21.0. The van der Waals surface area contributed by atoms with Crippen LogP contribution in [0.25, 0.3) is 0 Å². The molecular formula is C29H36N4O2. The summed E-state index contributed by atoms with van der Waals surface area (Å²) < 4.78 is 5.22. The maximum absolute atomic E-state index is 12.8. The molecule has 3 aromatic carbocycles. The molecule has 35 heavy (non-hydrogen) atoms. The summed E-state index contributed by atoms with van der Waals surface area (Å²) in [6, 6.07) is 27.1. The number of hydrogen-bond donors (Lipinski definition) is 1. The number of amides is 1. The second kappa shape index (κ2) is 11.8. The minimum Gasteiger partial charge on any atom is -0.497 e. The van der Waals surface area contributed by atoms with Gasteiger partial charge in [0.05, 0.1) is 19.6 Å². The van der Waals surface area contributed by atoms with Crippen molar-refractivity contribution in [1.82, 2.24) is 10.2 Å². The van der Waals surface area contributed by atoms with Gasteiger partial charge in [0.2, 0.25) is 5.91 Å². The monoisotopic (exact) mass is 472 g/mol. The number of hydrogen-bond acceptors (Lipinski definition) is 5. The average molecular weight is 473 g/mol. The number of nitrogens with zero attached hydrogens (tertiary/aromatic N) is 3. The summed E-state index contributed by atoms with van der Waals surface area (Å²) in [6.07, 6.45) is 0.359. The molecule has 1 atom stereocenters. The summed E-state index contributed by atoms with van der Waals surface area (Å²) in [5, 5.41) is 3.20. The molecule has 1 heterocycles. The fraction of sp³-hybridized carbons (Fsp3) is 0.345. The first-order chi connectivity index (χ1) is 17.0. The van der Waals surface area contributed by atoms with Crippen molar-refractivity contribution in [3.63, 3.8) is 0 Å². The number of benzene rings is 3. The van der Waals surface area contributed by atoms with Gasteiger partial charge in [-0.15, -0.1) is 0 Å². The van der Waals surface area contributed by atoms with Crippen LogP contribution in [-0.2, 0) is 11.2 Å². The highest BCUT2D eigenvalue weighted by molar-refractivity contribution is 5.78. The van der Waals surface area contributed by atoms with Gasteiger partial charge in [-0.25, -0.2) is 0 Å². The molecule has 4 rings (SSSR count). The smallest absolute Gasteiger partial charge is 0.224 e. The molecule has 184 valence electrons. The van der Waals surface area contributed by atoms with E-state index < -0.39 is 0 Å². The average Bonchev–Trinajstić information content (AvgIpc) is 2.90. The molecule has 1 aliphatic rings. The van der Waals surface area contributed by atoms with Gasteiger partial charge in [-0.3, -0.25) is 9.69 Å². The van der Waals surface area contributed by atoms with Crippen molar-refractivity contribution in [3.05, 3.63) is 90.0 Å². The van der Waals surface area contributed by atoms with E-state index in [1.54, 1.807) is 7.11 Å². The van der Waals surface area contributed by atoms with Gasteiger partial charge in [-0.1, -0.05) is 42.5 Å². The number of para-hydroxylation sites is 1. The zero-order valence-corrected chi connectivity index (χ0v) is 21.0. The largest absolute Gasteiger partial charge is 0.497 e. The molecule has 0 aromatic heterocycles. The number of ether oxygens (including phenoxy) is 1. The Bertz CT molecular complexity index is 1060. The van der Waals surface area contributed by atoms with Crippen molar-refractivity contribution in [1.29, 1.82) is 0 Å². The molecule has 1 fully saturated rings. The number of rotatable bonds is 9. The van der Waals surface area contributed by atoms with Gasteiger partial charge in [-0.05, 0) is 47.5 Å². The predicted molar refractivity (Wildman–Crippen MR) is 143 cm³/mol. The molecule has 1 amide bonds. The Kier molecular flexibility index (Phi) is 8.27. The Morgan fingerprint density at radius 1 is 0.914 bits per heavy atom. The summed E-state index contributed by atoms with van der Waals surface area (Å²) in [4.78, 5) is 19.8. The van der Waals surface area contributed by atoms with Gasteiger partial charge in [0.25, 0.3) is 0 Å². The standard InChI is InChI=1S/C29H36N4O2/c1-31(2)25-13-11-24(12-14-25)28(22-30-29(34)21-23-9-15-27(35-3)16-10-23)33-19-17-32(18-20-33)26-7-5-4-6-8-26/h4-16,28H,17-22H2,1-3H3,(H,30,34)/t28-/m0/s1. The van der Waals surface area contributed by atoms with Crippen LogP contribution in [0.2, 0.25) is 0 Å². The highest BCUT2D eigenvalue weighted by Crippen LogP contribution is 2.26. The van der Waals surface area contributed by atoms with Crippen molar-refractivity contribution in [2.45, 2.75) is 12.5 Å². The first-order valence-corrected chi connectivity index (χ1v) is 12.2. The lowest BCUT2D eigenvalue weighted by Gasteiger charge is -2.40. The first kappa shape index (κ1) is 24.6. The number of anilines is 2. The molecule has 0 bridgehead atoms. The van der Waals surface area contributed by atoms with Crippen molar-refractivity contribution in [3.8, 4) is 5.75 Å². The van der Waals surface area contributed by atoms with Crippen molar-refractivity contribution in [2.24, 2.45) is 0 Å². The third kappa shape index (κ3) is 6.55. The lowest BCUT2D eigenvalue weighted by Crippen LogP contribution is -2.50. The normalized spacial score (nSPS) is 14.9. The van der Waals surface area contributed by atoms with Gasteiger partial charge in [0.1, 0.15) is 5.75 Å². The Labute approximate surface area is 209 Å². The lowest BCUT2D eigenvalue weighted by atomic mass is 10.0. The molecule has 0 radical (unpaired) electrons. The highest BCUT2D eigenvalue weighted by atomic mass is 16.5. The zero-order chi connectivity index (χ0) is 24.6. The summed E-state index contributed by atoms with van der Waals surface area (Å²) in [5.74, 6) is 0.832. The van der Waals surface area contributed by atoms with Crippen LogP contribution in [0.5, 0.6) is 5.75 Å². The van der Waals surface area contributed by atoms with E-state index in [0.29, 0.717) is 13.0 Å². The van der Waals surface area contributed by atoms with Crippen molar-refractivity contribution in [2.75, 3.05) is 63.7 Å². The third-order valence-corrected chi connectivity index (χ3v) is 6.69. The van der Waals surface area contributed by atoms with Gasteiger partial charge >= 0.3 is 0 Å². The number of carbonyl (C=O) groups excluding carboxylic acids is 1. The second-order valence-electron chi connectivity index (χ2n) is 9.19. The quantitative estimate of drug-likeness (QED) is 0.511. The SMILES string of the molecule is COc1ccc(CC(=O)NC[C@@H](c2ccc(N(C)C)cc2)N2CCN(c3ccccc3)CC2)cc1. The van der Waals surface area contributed by atoms with E-state index in [0.717, 1.165) is 37.5 Å². The number of carbonyl (C=O) groups is 1. The fourth-order valence-electron chi connectivity index (χ4n) is 4.58. The molecule has 6 heteroatoms. The van der Waals surface area contributed by atoms with E-state index in [4.69, 9.17) is 4.74 Å². The van der Waals surface area contributed by atoms with Gasteiger partial charge in [0, 0.05) is 58.2 Å². The Balaban J connectivity index is 1.42. The second-order valence-corrected chi connectivity index (χ2v) is 9.19. The Morgan fingerprint density at radius 2 is 1.57 bits per heavy atom. The van der Waals surface area contributed by atoms with Crippen LogP contribution in [-0.4, -0.2) is 64.7 Å². The molecular weight excluding hydrogens is 436 g/mol. The fourth-order valence-corrected chi connectivity index (χ4v) is 4.58. The predicted octanol–water partition coefficient (Wildman–Crippen LogP) is 3.98.